The third kappa shape index (κ3) is 1.69. The Labute approximate surface area is 84.6 Å². The fourth-order valence-electron chi connectivity index (χ4n) is 1.15. The maximum Gasteiger partial charge on any atom is 0.374 e. The highest BCUT2D eigenvalue weighted by Gasteiger charge is 2.13. The molecule has 2 aromatic heterocycles. The highest BCUT2D eigenvalue weighted by molar-refractivity contribution is 5.85. The number of hydrogen-bond donors (Lipinski definition) is 1. The molecule has 0 spiro atoms. The first-order valence-corrected chi connectivity index (χ1v) is 4.15. The minimum atomic E-state index is -1.15. The van der Waals surface area contributed by atoms with Crippen molar-refractivity contribution >= 4 is 5.97 Å². The van der Waals surface area contributed by atoms with Crippen LogP contribution in [0.25, 0.3) is 11.3 Å². The Morgan fingerprint density at radius 3 is 2.93 bits per heavy atom. The van der Waals surface area contributed by atoms with Crippen LogP contribution in [-0.2, 0) is 0 Å². The van der Waals surface area contributed by atoms with E-state index in [-0.39, 0.29) is 5.76 Å². The van der Waals surface area contributed by atoms with Crippen LogP contribution in [0.5, 0.6) is 0 Å². The van der Waals surface area contributed by atoms with E-state index in [0.29, 0.717) is 11.3 Å². The van der Waals surface area contributed by atoms with E-state index >= 15 is 0 Å². The second kappa shape index (κ2) is 3.49. The van der Waals surface area contributed by atoms with E-state index in [1.165, 1.54) is 12.4 Å². The van der Waals surface area contributed by atoms with Crippen molar-refractivity contribution in [1.82, 2.24) is 15.1 Å². The molecule has 0 fully saturated rings. The minimum Gasteiger partial charge on any atom is -0.475 e. The Bertz CT molecular complexity index is 507. The molecular formula is C9H7N3O3. The third-order valence-electron chi connectivity index (χ3n) is 1.91. The molecule has 0 aliphatic carbocycles. The molecule has 0 saturated heterocycles. The quantitative estimate of drug-likeness (QED) is 0.790. The first-order valence-electron chi connectivity index (χ1n) is 4.15. The van der Waals surface area contributed by atoms with E-state index < -0.39 is 5.97 Å². The van der Waals surface area contributed by atoms with Crippen molar-refractivity contribution in [2.24, 2.45) is 0 Å². The topological polar surface area (TPSA) is 89.1 Å². The van der Waals surface area contributed by atoms with Crippen LogP contribution >= 0.6 is 0 Å². The SMILES string of the molecule is Cc1ncncc1-c1cc(C(=O)O)on1. The van der Waals surface area contributed by atoms with Crippen molar-refractivity contribution in [2.45, 2.75) is 6.92 Å². The van der Waals surface area contributed by atoms with E-state index in [2.05, 4.69) is 19.6 Å². The molecule has 0 bridgehead atoms. The lowest BCUT2D eigenvalue weighted by atomic mass is 10.2. The highest BCUT2D eigenvalue weighted by Crippen LogP contribution is 2.20. The van der Waals surface area contributed by atoms with E-state index in [4.69, 9.17) is 5.11 Å². The summed E-state index contributed by atoms with van der Waals surface area (Å²) in [7, 11) is 0. The van der Waals surface area contributed by atoms with Gasteiger partial charge < -0.3 is 9.63 Å². The molecule has 2 heterocycles. The van der Waals surface area contributed by atoms with Gasteiger partial charge in [-0.3, -0.25) is 0 Å². The number of carbonyl (C=O) groups is 1. The fourth-order valence-corrected chi connectivity index (χ4v) is 1.15. The van der Waals surface area contributed by atoms with Gasteiger partial charge in [-0.05, 0) is 6.92 Å². The molecule has 76 valence electrons. The number of nitrogens with zero attached hydrogens (tertiary/aromatic N) is 3. The van der Waals surface area contributed by atoms with Crippen molar-refractivity contribution in [3.05, 3.63) is 30.0 Å². The van der Waals surface area contributed by atoms with Crippen LogP contribution in [0.3, 0.4) is 0 Å². The Hall–Kier alpha value is -2.24. The van der Waals surface area contributed by atoms with Gasteiger partial charge in [0.05, 0.1) is 5.69 Å². The maximum absolute atomic E-state index is 10.6. The van der Waals surface area contributed by atoms with Gasteiger partial charge >= 0.3 is 5.97 Å². The first-order chi connectivity index (χ1) is 7.18. The summed E-state index contributed by atoms with van der Waals surface area (Å²) in [5, 5.41) is 12.3. The number of hydrogen-bond acceptors (Lipinski definition) is 5. The summed E-state index contributed by atoms with van der Waals surface area (Å²) < 4.78 is 4.63. The monoisotopic (exact) mass is 205 g/mol. The van der Waals surface area contributed by atoms with Gasteiger partial charge in [0, 0.05) is 17.8 Å². The first kappa shape index (κ1) is 9.32. The molecular weight excluding hydrogens is 198 g/mol. The minimum absolute atomic E-state index is 0.201. The van der Waals surface area contributed by atoms with Gasteiger partial charge in [0.25, 0.3) is 0 Å². The van der Waals surface area contributed by atoms with E-state index in [9.17, 15) is 4.79 Å². The summed E-state index contributed by atoms with van der Waals surface area (Å²) in [5.41, 5.74) is 1.80. The van der Waals surface area contributed by atoms with Crippen molar-refractivity contribution < 1.29 is 14.4 Å². The average Bonchev–Trinajstić information content (AvgIpc) is 2.67. The predicted molar refractivity (Wildman–Crippen MR) is 49.2 cm³/mol. The lowest BCUT2D eigenvalue weighted by molar-refractivity contribution is 0.0652. The van der Waals surface area contributed by atoms with Gasteiger partial charge in [-0.2, -0.15) is 0 Å². The molecule has 6 nitrogen and oxygen atoms in total. The van der Waals surface area contributed by atoms with Crippen LogP contribution in [-0.4, -0.2) is 26.2 Å². The van der Waals surface area contributed by atoms with E-state index in [1.807, 2.05) is 0 Å². The van der Waals surface area contributed by atoms with Gasteiger partial charge in [-0.1, -0.05) is 5.16 Å². The molecule has 0 saturated carbocycles. The zero-order chi connectivity index (χ0) is 10.8. The summed E-state index contributed by atoms with van der Waals surface area (Å²) in [4.78, 5) is 18.4. The summed E-state index contributed by atoms with van der Waals surface area (Å²) in [5.74, 6) is -1.35. The number of rotatable bonds is 2. The van der Waals surface area contributed by atoms with Crippen molar-refractivity contribution in [3.8, 4) is 11.3 Å². The summed E-state index contributed by atoms with van der Waals surface area (Å²) in [6.45, 7) is 1.78. The van der Waals surface area contributed by atoms with Crippen molar-refractivity contribution in [3.63, 3.8) is 0 Å². The summed E-state index contributed by atoms with van der Waals surface area (Å²) in [6.07, 6.45) is 2.98. The smallest absolute Gasteiger partial charge is 0.374 e. The third-order valence-corrected chi connectivity index (χ3v) is 1.91. The van der Waals surface area contributed by atoms with Gasteiger partial charge in [-0.15, -0.1) is 0 Å². The zero-order valence-corrected chi connectivity index (χ0v) is 7.84. The van der Waals surface area contributed by atoms with Gasteiger partial charge in [0.15, 0.2) is 0 Å². The van der Waals surface area contributed by atoms with Crippen LogP contribution in [0.15, 0.2) is 23.1 Å². The van der Waals surface area contributed by atoms with Gasteiger partial charge in [0.1, 0.15) is 12.0 Å². The average molecular weight is 205 g/mol. The molecule has 0 aromatic carbocycles. The fraction of sp³-hybridized carbons (Fsp3) is 0.111. The number of carboxylic acid groups (broad SMARTS) is 1. The molecule has 0 aliphatic heterocycles. The Morgan fingerprint density at radius 1 is 1.53 bits per heavy atom. The maximum atomic E-state index is 10.6. The summed E-state index contributed by atoms with van der Waals surface area (Å²) >= 11 is 0. The molecule has 15 heavy (non-hydrogen) atoms. The van der Waals surface area contributed by atoms with Gasteiger partial charge in [-0.25, -0.2) is 14.8 Å². The lowest BCUT2D eigenvalue weighted by Crippen LogP contribution is -1.92. The number of aromatic carboxylic acids is 1. The Balaban J connectivity index is 2.46. The number of carboxylic acids is 1. The Kier molecular flexibility index (Phi) is 2.17. The van der Waals surface area contributed by atoms with Crippen LogP contribution in [0, 0.1) is 6.92 Å². The molecule has 6 heteroatoms. The second-order valence-electron chi connectivity index (χ2n) is 2.90. The van der Waals surface area contributed by atoms with Crippen LogP contribution in [0.1, 0.15) is 16.2 Å². The van der Waals surface area contributed by atoms with Gasteiger partial charge in [0.2, 0.25) is 5.76 Å². The molecule has 0 aliphatic rings. The van der Waals surface area contributed by atoms with E-state index in [0.717, 1.165) is 5.69 Å². The summed E-state index contributed by atoms with van der Waals surface area (Å²) in [6, 6.07) is 1.34. The lowest BCUT2D eigenvalue weighted by Gasteiger charge is -1.96. The van der Waals surface area contributed by atoms with Crippen molar-refractivity contribution in [2.75, 3.05) is 0 Å². The molecule has 2 aromatic rings. The highest BCUT2D eigenvalue weighted by atomic mass is 16.5. The van der Waals surface area contributed by atoms with Crippen LogP contribution < -0.4 is 0 Å². The van der Waals surface area contributed by atoms with Crippen molar-refractivity contribution in [1.29, 1.82) is 0 Å². The van der Waals surface area contributed by atoms with E-state index in [1.54, 1.807) is 13.1 Å². The molecule has 0 unspecified atom stereocenters. The molecule has 0 amide bonds. The van der Waals surface area contributed by atoms with Crippen LogP contribution in [0.4, 0.5) is 0 Å². The molecule has 0 radical (unpaired) electrons. The standard InChI is InChI=1S/C9H7N3O3/c1-5-6(3-10-4-11-5)7-2-8(9(13)14)15-12-7/h2-4H,1H3,(H,13,14). The largest absolute Gasteiger partial charge is 0.475 e. The zero-order valence-electron chi connectivity index (χ0n) is 7.84. The number of aromatic nitrogens is 3. The number of aryl methyl sites for hydroxylation is 1. The molecule has 1 N–H and O–H groups in total. The van der Waals surface area contributed by atoms with Crippen LogP contribution in [0.2, 0.25) is 0 Å². The molecule has 2 rings (SSSR count). The second-order valence-corrected chi connectivity index (χ2v) is 2.90. The molecule has 0 atom stereocenters. The Morgan fingerprint density at radius 2 is 2.33 bits per heavy atom. The normalized spacial score (nSPS) is 10.2. The predicted octanol–water partition coefficient (Wildman–Crippen LogP) is 1.14.